The van der Waals surface area contributed by atoms with E-state index in [2.05, 4.69) is 15.7 Å². The third-order valence-corrected chi connectivity index (χ3v) is 4.12. The molecular weight excluding hydrogens is 303 g/mol. The van der Waals surface area contributed by atoms with Gasteiger partial charge in [-0.05, 0) is 36.8 Å². The molecule has 112 valence electrons. The van der Waals surface area contributed by atoms with E-state index in [4.69, 9.17) is 5.84 Å². The second-order valence-corrected chi connectivity index (χ2v) is 5.77. The molecule has 1 amide bonds. The van der Waals surface area contributed by atoms with Crippen LogP contribution in [0.4, 0.5) is 15.2 Å². The number of halogens is 1. The van der Waals surface area contributed by atoms with Crippen LogP contribution in [0.5, 0.6) is 0 Å². The summed E-state index contributed by atoms with van der Waals surface area (Å²) in [4.78, 5) is 16.5. The number of nitrogen functional groups attached to an aromatic ring is 1. The lowest BCUT2D eigenvalue weighted by Crippen LogP contribution is -2.13. The van der Waals surface area contributed by atoms with E-state index in [0.717, 1.165) is 15.8 Å². The summed E-state index contributed by atoms with van der Waals surface area (Å²) >= 11 is 1.38. The van der Waals surface area contributed by atoms with Crippen molar-refractivity contribution >= 4 is 38.3 Å². The molecule has 7 heteroatoms. The maximum absolute atomic E-state index is 13.6. The zero-order valence-electron chi connectivity index (χ0n) is 11.7. The Morgan fingerprint density at radius 1 is 1.32 bits per heavy atom. The van der Waals surface area contributed by atoms with Crippen molar-refractivity contribution in [3.05, 3.63) is 53.3 Å². The third kappa shape index (κ3) is 2.63. The molecule has 0 aliphatic carbocycles. The fourth-order valence-corrected chi connectivity index (χ4v) is 3.07. The molecule has 1 heterocycles. The van der Waals surface area contributed by atoms with Crippen LogP contribution in [-0.4, -0.2) is 10.9 Å². The highest BCUT2D eigenvalue weighted by atomic mass is 32.1. The van der Waals surface area contributed by atoms with Gasteiger partial charge in [-0.3, -0.25) is 10.2 Å². The summed E-state index contributed by atoms with van der Waals surface area (Å²) in [7, 11) is 0. The first kappa shape index (κ1) is 14.4. The summed E-state index contributed by atoms with van der Waals surface area (Å²) in [6.07, 6.45) is 0. The topological polar surface area (TPSA) is 80.0 Å². The highest BCUT2D eigenvalue weighted by molar-refractivity contribution is 7.22. The van der Waals surface area contributed by atoms with Gasteiger partial charge in [0.2, 0.25) is 0 Å². The van der Waals surface area contributed by atoms with E-state index in [1.807, 2.05) is 6.92 Å². The van der Waals surface area contributed by atoms with Crippen molar-refractivity contribution in [1.29, 1.82) is 0 Å². The molecule has 22 heavy (non-hydrogen) atoms. The standard InChI is InChI=1S/C15H13FN4OS/c1-8-6-9(7-12-13(8)19-15(20-17)22-12)18-14(21)10-4-2-3-5-11(10)16/h2-7H,17H2,1H3,(H,18,21)(H,19,20). The molecule has 0 aliphatic heterocycles. The van der Waals surface area contributed by atoms with Crippen LogP contribution in [0, 0.1) is 12.7 Å². The molecule has 0 saturated heterocycles. The molecule has 0 aliphatic rings. The van der Waals surface area contributed by atoms with E-state index in [1.54, 1.807) is 24.3 Å². The molecule has 0 atom stereocenters. The molecule has 1 aromatic heterocycles. The lowest BCUT2D eigenvalue weighted by molar-refractivity contribution is 0.102. The molecule has 0 bridgehead atoms. The first-order valence-corrected chi connectivity index (χ1v) is 7.34. The summed E-state index contributed by atoms with van der Waals surface area (Å²) in [5.41, 5.74) is 4.83. The Kier molecular flexibility index (Phi) is 3.74. The average Bonchev–Trinajstić information content (AvgIpc) is 2.91. The first-order valence-electron chi connectivity index (χ1n) is 6.52. The Morgan fingerprint density at radius 3 is 2.82 bits per heavy atom. The van der Waals surface area contributed by atoms with Crippen molar-refractivity contribution in [2.45, 2.75) is 6.92 Å². The van der Waals surface area contributed by atoms with Crippen LogP contribution in [0.15, 0.2) is 36.4 Å². The highest BCUT2D eigenvalue weighted by Gasteiger charge is 2.13. The van der Waals surface area contributed by atoms with Crippen molar-refractivity contribution in [2.24, 2.45) is 5.84 Å². The maximum atomic E-state index is 13.6. The van der Waals surface area contributed by atoms with Gasteiger partial charge in [-0.25, -0.2) is 15.2 Å². The van der Waals surface area contributed by atoms with Crippen LogP contribution >= 0.6 is 11.3 Å². The fraction of sp³-hybridized carbons (Fsp3) is 0.0667. The van der Waals surface area contributed by atoms with Gasteiger partial charge < -0.3 is 5.32 Å². The zero-order valence-corrected chi connectivity index (χ0v) is 12.5. The van der Waals surface area contributed by atoms with E-state index in [1.165, 1.54) is 23.5 Å². The predicted molar refractivity (Wildman–Crippen MR) is 86.5 cm³/mol. The minimum Gasteiger partial charge on any atom is -0.322 e. The normalized spacial score (nSPS) is 10.7. The molecule has 0 unspecified atom stereocenters. The molecule has 3 aromatic rings. The molecule has 0 saturated carbocycles. The summed E-state index contributed by atoms with van der Waals surface area (Å²) in [5.74, 6) is 4.32. The van der Waals surface area contributed by atoms with Crippen molar-refractivity contribution in [3.63, 3.8) is 0 Å². The van der Waals surface area contributed by atoms with Crippen LogP contribution in [0.2, 0.25) is 0 Å². The number of rotatable bonds is 3. The number of amides is 1. The lowest BCUT2D eigenvalue weighted by Gasteiger charge is -2.07. The number of anilines is 2. The number of fused-ring (bicyclic) bond motifs is 1. The van der Waals surface area contributed by atoms with Gasteiger partial charge in [0, 0.05) is 5.69 Å². The Bertz CT molecular complexity index is 862. The number of hydrogen-bond acceptors (Lipinski definition) is 5. The summed E-state index contributed by atoms with van der Waals surface area (Å²) in [5, 5.41) is 3.30. The second-order valence-electron chi connectivity index (χ2n) is 4.74. The number of nitrogens with two attached hydrogens (primary N) is 1. The van der Waals surface area contributed by atoms with E-state index in [0.29, 0.717) is 10.8 Å². The minimum atomic E-state index is -0.551. The van der Waals surface area contributed by atoms with Gasteiger partial charge in [-0.15, -0.1) is 0 Å². The van der Waals surface area contributed by atoms with Gasteiger partial charge in [0.25, 0.3) is 5.91 Å². The number of benzene rings is 2. The van der Waals surface area contributed by atoms with Crippen LogP contribution in [0.1, 0.15) is 15.9 Å². The van der Waals surface area contributed by atoms with Crippen molar-refractivity contribution in [3.8, 4) is 0 Å². The van der Waals surface area contributed by atoms with E-state index in [-0.39, 0.29) is 5.56 Å². The minimum absolute atomic E-state index is 0.00821. The molecule has 3 rings (SSSR count). The predicted octanol–water partition coefficient (Wildman–Crippen LogP) is 3.28. The summed E-state index contributed by atoms with van der Waals surface area (Å²) in [6, 6.07) is 9.45. The highest BCUT2D eigenvalue weighted by Crippen LogP contribution is 2.30. The Balaban J connectivity index is 1.94. The van der Waals surface area contributed by atoms with Gasteiger partial charge in [0.1, 0.15) is 5.82 Å². The fourth-order valence-electron chi connectivity index (χ4n) is 2.17. The molecule has 0 radical (unpaired) electrons. The monoisotopic (exact) mass is 316 g/mol. The number of carbonyl (C=O) groups is 1. The number of nitrogens with zero attached hydrogens (tertiary/aromatic N) is 1. The molecule has 4 N–H and O–H groups in total. The SMILES string of the molecule is Cc1cc(NC(=O)c2ccccc2F)cc2sc(NN)nc12. The van der Waals surface area contributed by atoms with Crippen molar-refractivity contribution < 1.29 is 9.18 Å². The smallest absolute Gasteiger partial charge is 0.258 e. The number of aryl methyl sites for hydroxylation is 1. The van der Waals surface area contributed by atoms with E-state index < -0.39 is 11.7 Å². The summed E-state index contributed by atoms with van der Waals surface area (Å²) in [6.45, 7) is 1.89. The number of thiazole rings is 1. The van der Waals surface area contributed by atoms with Crippen molar-refractivity contribution in [2.75, 3.05) is 10.7 Å². The second kappa shape index (κ2) is 5.70. The average molecular weight is 316 g/mol. The molecule has 5 nitrogen and oxygen atoms in total. The Hall–Kier alpha value is -2.51. The molecular formula is C15H13FN4OS. The lowest BCUT2D eigenvalue weighted by atomic mass is 10.1. The van der Waals surface area contributed by atoms with E-state index in [9.17, 15) is 9.18 Å². The largest absolute Gasteiger partial charge is 0.322 e. The van der Waals surface area contributed by atoms with Gasteiger partial charge >= 0.3 is 0 Å². The van der Waals surface area contributed by atoms with E-state index >= 15 is 0 Å². The zero-order chi connectivity index (χ0) is 15.7. The van der Waals surface area contributed by atoms with Gasteiger partial charge in [-0.2, -0.15) is 0 Å². The van der Waals surface area contributed by atoms with Crippen LogP contribution in [0.25, 0.3) is 10.2 Å². The van der Waals surface area contributed by atoms with Crippen LogP contribution in [0.3, 0.4) is 0 Å². The molecule has 0 fully saturated rings. The Morgan fingerprint density at radius 2 is 2.09 bits per heavy atom. The number of aromatic nitrogens is 1. The van der Waals surface area contributed by atoms with Crippen LogP contribution < -0.4 is 16.6 Å². The number of hydrazine groups is 1. The quantitative estimate of drug-likeness (QED) is 0.512. The van der Waals surface area contributed by atoms with Gasteiger partial charge in [0.05, 0.1) is 15.8 Å². The number of hydrogen-bond donors (Lipinski definition) is 3. The van der Waals surface area contributed by atoms with Crippen LogP contribution in [-0.2, 0) is 0 Å². The third-order valence-electron chi connectivity index (χ3n) is 3.19. The molecule has 2 aromatic carbocycles. The maximum Gasteiger partial charge on any atom is 0.258 e. The number of carbonyl (C=O) groups excluding carboxylic acids is 1. The summed E-state index contributed by atoms with van der Waals surface area (Å²) < 4.78 is 14.5. The van der Waals surface area contributed by atoms with Gasteiger partial charge in [-0.1, -0.05) is 23.5 Å². The van der Waals surface area contributed by atoms with Crippen molar-refractivity contribution in [1.82, 2.24) is 4.98 Å². The first-order chi connectivity index (χ1) is 10.6. The number of nitrogens with one attached hydrogen (secondary N) is 2. The van der Waals surface area contributed by atoms with Gasteiger partial charge in [0.15, 0.2) is 5.13 Å². The molecule has 0 spiro atoms. The Labute approximate surface area is 129 Å².